The highest BCUT2D eigenvalue weighted by atomic mass is 79.9. The lowest BCUT2D eigenvalue weighted by Crippen LogP contribution is -2.19. The van der Waals surface area contributed by atoms with Crippen LogP contribution in [0.5, 0.6) is 5.88 Å². The molecule has 4 nitrogen and oxygen atoms in total. The first kappa shape index (κ1) is 11.6. The van der Waals surface area contributed by atoms with Crippen LogP contribution < -0.4 is 10.5 Å². The Hall–Kier alpha value is -1.49. The van der Waals surface area contributed by atoms with Crippen LogP contribution in [0.3, 0.4) is 0 Å². The maximum absolute atomic E-state index is 11.9. The summed E-state index contributed by atoms with van der Waals surface area (Å²) in [7, 11) is 0. The monoisotopic (exact) mass is 281 g/mol. The number of alkyl halides is 3. The van der Waals surface area contributed by atoms with E-state index in [0.29, 0.717) is 0 Å². The molecule has 0 spiro atoms. The number of nitriles is 1. The van der Waals surface area contributed by atoms with E-state index in [9.17, 15) is 13.2 Å². The molecule has 15 heavy (non-hydrogen) atoms. The molecular formula is C7H3BrF3N3O. The lowest BCUT2D eigenvalue weighted by atomic mass is 10.2. The molecule has 8 heteroatoms. The zero-order chi connectivity index (χ0) is 11.6. The van der Waals surface area contributed by atoms with Gasteiger partial charge in [-0.2, -0.15) is 5.26 Å². The number of nitrogens with zero attached hydrogens (tertiary/aromatic N) is 2. The average Bonchev–Trinajstić information content (AvgIpc) is 2.08. The van der Waals surface area contributed by atoms with Crippen LogP contribution in [0.25, 0.3) is 0 Å². The van der Waals surface area contributed by atoms with Gasteiger partial charge in [0, 0.05) is 0 Å². The van der Waals surface area contributed by atoms with Gasteiger partial charge in [0.05, 0.1) is 5.56 Å². The lowest BCUT2D eigenvalue weighted by Gasteiger charge is -2.10. The van der Waals surface area contributed by atoms with E-state index < -0.39 is 17.9 Å². The Bertz CT molecular complexity index is 427. The van der Waals surface area contributed by atoms with Crippen molar-refractivity contribution in [2.75, 3.05) is 5.73 Å². The molecule has 0 amide bonds. The number of hydrogen-bond donors (Lipinski definition) is 1. The molecule has 1 aromatic heterocycles. The number of pyridine rings is 1. The molecule has 0 bridgehead atoms. The average molecular weight is 282 g/mol. The summed E-state index contributed by atoms with van der Waals surface area (Å²) in [5, 5.41) is 8.55. The summed E-state index contributed by atoms with van der Waals surface area (Å²) in [5.41, 5.74) is 4.65. The van der Waals surface area contributed by atoms with Crippen molar-refractivity contribution in [3.8, 4) is 11.9 Å². The summed E-state index contributed by atoms with van der Waals surface area (Å²) in [6, 6.07) is 2.81. The van der Waals surface area contributed by atoms with Crippen molar-refractivity contribution in [3.63, 3.8) is 0 Å². The molecule has 1 heterocycles. The minimum absolute atomic E-state index is 0.0347. The van der Waals surface area contributed by atoms with Crippen LogP contribution in [-0.4, -0.2) is 11.3 Å². The van der Waals surface area contributed by atoms with Gasteiger partial charge in [-0.3, -0.25) is 0 Å². The van der Waals surface area contributed by atoms with Crippen LogP contribution in [0.4, 0.5) is 18.9 Å². The third-order valence-electron chi connectivity index (χ3n) is 1.33. The van der Waals surface area contributed by atoms with E-state index in [1.807, 2.05) is 0 Å². The van der Waals surface area contributed by atoms with Crippen LogP contribution in [0, 0.1) is 11.3 Å². The molecule has 0 aromatic carbocycles. The summed E-state index contributed by atoms with van der Waals surface area (Å²) in [4.78, 5) is 3.37. The molecule has 0 aliphatic carbocycles. The van der Waals surface area contributed by atoms with Gasteiger partial charge in [-0.15, -0.1) is 13.2 Å². The molecule has 2 N–H and O–H groups in total. The maximum Gasteiger partial charge on any atom is 0.574 e. The fraction of sp³-hybridized carbons (Fsp3) is 0.143. The fourth-order valence-corrected chi connectivity index (χ4v) is 1.17. The second kappa shape index (κ2) is 3.94. The Labute approximate surface area is 90.6 Å². The van der Waals surface area contributed by atoms with Crippen molar-refractivity contribution < 1.29 is 17.9 Å². The van der Waals surface area contributed by atoms with Gasteiger partial charge in [0.25, 0.3) is 0 Å². The second-order valence-electron chi connectivity index (χ2n) is 2.37. The van der Waals surface area contributed by atoms with E-state index in [1.165, 1.54) is 6.07 Å². The molecule has 0 fully saturated rings. The van der Waals surface area contributed by atoms with Crippen molar-refractivity contribution in [2.24, 2.45) is 0 Å². The van der Waals surface area contributed by atoms with E-state index in [4.69, 9.17) is 11.0 Å². The Morgan fingerprint density at radius 2 is 2.13 bits per heavy atom. The fourth-order valence-electron chi connectivity index (χ4n) is 0.781. The molecule has 1 rings (SSSR count). The predicted molar refractivity (Wildman–Crippen MR) is 47.7 cm³/mol. The minimum Gasteiger partial charge on any atom is -0.393 e. The summed E-state index contributed by atoms with van der Waals surface area (Å²) in [6.45, 7) is 0. The number of anilines is 1. The second-order valence-corrected chi connectivity index (χ2v) is 3.18. The summed E-state index contributed by atoms with van der Waals surface area (Å²) >= 11 is 2.83. The van der Waals surface area contributed by atoms with E-state index >= 15 is 0 Å². The van der Waals surface area contributed by atoms with E-state index in [1.54, 1.807) is 6.07 Å². The number of nitrogens with two attached hydrogens (primary N) is 1. The standard InChI is InChI=1S/C7H3BrF3N3O/c8-4-1-3(2-12)5(13)6(14-4)15-7(9,10)11/h1H,13H2. The van der Waals surface area contributed by atoms with Crippen LogP contribution in [0.15, 0.2) is 10.7 Å². The highest BCUT2D eigenvalue weighted by Gasteiger charge is 2.33. The van der Waals surface area contributed by atoms with Crippen LogP contribution >= 0.6 is 15.9 Å². The van der Waals surface area contributed by atoms with Crippen molar-refractivity contribution in [3.05, 3.63) is 16.2 Å². The largest absolute Gasteiger partial charge is 0.574 e. The summed E-state index contributed by atoms with van der Waals surface area (Å²) in [5.74, 6) is -0.839. The number of rotatable bonds is 1. The highest BCUT2D eigenvalue weighted by molar-refractivity contribution is 9.10. The summed E-state index contributed by atoms with van der Waals surface area (Å²) in [6.07, 6.45) is -4.89. The van der Waals surface area contributed by atoms with Gasteiger partial charge in [0.1, 0.15) is 16.4 Å². The molecule has 0 radical (unpaired) electrons. The molecule has 0 atom stereocenters. The van der Waals surface area contributed by atoms with Gasteiger partial charge in [0.15, 0.2) is 0 Å². The van der Waals surface area contributed by atoms with Gasteiger partial charge in [-0.25, -0.2) is 4.98 Å². The van der Waals surface area contributed by atoms with Gasteiger partial charge >= 0.3 is 6.36 Å². The zero-order valence-electron chi connectivity index (χ0n) is 6.97. The summed E-state index contributed by atoms with van der Waals surface area (Å²) < 4.78 is 39.2. The molecule has 0 aliphatic rings. The SMILES string of the molecule is N#Cc1cc(Br)nc(OC(F)(F)F)c1N. The molecule has 0 saturated heterocycles. The van der Waals surface area contributed by atoms with Crippen molar-refractivity contribution in [1.82, 2.24) is 4.98 Å². The van der Waals surface area contributed by atoms with Crippen molar-refractivity contribution in [2.45, 2.75) is 6.36 Å². The van der Waals surface area contributed by atoms with Crippen molar-refractivity contribution >= 4 is 21.6 Å². The first-order valence-electron chi connectivity index (χ1n) is 3.45. The van der Waals surface area contributed by atoms with Crippen LogP contribution in [-0.2, 0) is 0 Å². The van der Waals surface area contributed by atoms with E-state index in [0.717, 1.165) is 0 Å². The quantitative estimate of drug-likeness (QED) is 0.801. The minimum atomic E-state index is -4.89. The van der Waals surface area contributed by atoms with Gasteiger partial charge < -0.3 is 10.5 Å². The van der Waals surface area contributed by atoms with E-state index in [2.05, 4.69) is 25.7 Å². The number of halogens is 4. The number of nitrogen functional groups attached to an aromatic ring is 1. The molecular weight excluding hydrogens is 279 g/mol. The zero-order valence-corrected chi connectivity index (χ0v) is 8.56. The van der Waals surface area contributed by atoms with Gasteiger partial charge in [0.2, 0.25) is 5.88 Å². The highest BCUT2D eigenvalue weighted by Crippen LogP contribution is 2.30. The van der Waals surface area contributed by atoms with Crippen LogP contribution in [0.2, 0.25) is 0 Å². The molecule has 1 aromatic rings. The smallest absolute Gasteiger partial charge is 0.393 e. The predicted octanol–water partition coefficient (Wildman–Crippen LogP) is 2.20. The van der Waals surface area contributed by atoms with Gasteiger partial charge in [-0.05, 0) is 22.0 Å². The Kier molecular flexibility index (Phi) is 3.04. The third-order valence-corrected chi connectivity index (χ3v) is 1.73. The molecule has 0 aliphatic heterocycles. The Balaban J connectivity index is 3.20. The van der Waals surface area contributed by atoms with E-state index in [-0.39, 0.29) is 10.2 Å². The Morgan fingerprint density at radius 3 is 2.60 bits per heavy atom. The molecule has 80 valence electrons. The first-order chi connectivity index (χ1) is 6.83. The first-order valence-corrected chi connectivity index (χ1v) is 4.24. The molecule has 0 unspecified atom stereocenters. The van der Waals surface area contributed by atoms with Gasteiger partial charge in [-0.1, -0.05) is 0 Å². The number of hydrogen-bond acceptors (Lipinski definition) is 4. The normalized spacial score (nSPS) is 10.9. The Morgan fingerprint density at radius 1 is 1.53 bits per heavy atom. The molecule has 0 saturated carbocycles. The number of ether oxygens (including phenoxy) is 1. The van der Waals surface area contributed by atoms with Crippen molar-refractivity contribution in [1.29, 1.82) is 5.26 Å². The third kappa shape index (κ3) is 2.99. The maximum atomic E-state index is 11.9. The number of aromatic nitrogens is 1. The lowest BCUT2D eigenvalue weighted by molar-refractivity contribution is -0.275. The topological polar surface area (TPSA) is 71.9 Å². The van der Waals surface area contributed by atoms with Crippen LogP contribution in [0.1, 0.15) is 5.56 Å².